The maximum atomic E-state index is 6.27. The highest BCUT2D eigenvalue weighted by molar-refractivity contribution is 6.06. The second-order valence-electron chi connectivity index (χ2n) is 17.7. The van der Waals surface area contributed by atoms with Crippen molar-refractivity contribution >= 4 is 39.0 Å². The summed E-state index contributed by atoms with van der Waals surface area (Å²) >= 11 is 0. The molecule has 0 saturated heterocycles. The van der Waals surface area contributed by atoms with Crippen molar-refractivity contribution < 1.29 is 4.42 Å². The summed E-state index contributed by atoms with van der Waals surface area (Å²) in [6.07, 6.45) is 0. The molecule has 2 heteroatoms. The Morgan fingerprint density at radius 3 is 1.49 bits per heavy atom. The maximum Gasteiger partial charge on any atom is 0.136 e. The van der Waals surface area contributed by atoms with Gasteiger partial charge in [-0.05, 0) is 151 Å². The number of para-hydroxylation sites is 1. The summed E-state index contributed by atoms with van der Waals surface area (Å²) in [5.74, 6) is 0. The van der Waals surface area contributed by atoms with Crippen molar-refractivity contribution in [3.05, 3.63) is 248 Å². The van der Waals surface area contributed by atoms with Gasteiger partial charge >= 0.3 is 0 Å². The van der Waals surface area contributed by atoms with Gasteiger partial charge in [-0.2, -0.15) is 0 Å². The van der Waals surface area contributed by atoms with Crippen LogP contribution in [0.1, 0.15) is 25.0 Å². The molecular formula is C63H45NO. The van der Waals surface area contributed by atoms with E-state index in [1.807, 2.05) is 12.1 Å². The molecule has 0 spiro atoms. The first-order valence-electron chi connectivity index (χ1n) is 22.5. The van der Waals surface area contributed by atoms with Crippen molar-refractivity contribution in [3.8, 4) is 66.8 Å². The predicted molar refractivity (Wildman–Crippen MR) is 273 cm³/mol. The molecule has 11 aromatic rings. The Bertz CT molecular complexity index is 3530. The minimum absolute atomic E-state index is 0.175. The topological polar surface area (TPSA) is 16.4 Å². The Morgan fingerprint density at radius 1 is 0.308 bits per heavy atom. The number of rotatable bonds is 8. The van der Waals surface area contributed by atoms with E-state index < -0.39 is 0 Å². The first-order chi connectivity index (χ1) is 32.0. The first kappa shape index (κ1) is 38.5. The van der Waals surface area contributed by atoms with Crippen LogP contribution in [-0.2, 0) is 5.41 Å². The summed E-state index contributed by atoms with van der Waals surface area (Å²) in [5.41, 5.74) is 22.2. The summed E-state index contributed by atoms with van der Waals surface area (Å²) < 4.78 is 6.27. The lowest BCUT2D eigenvalue weighted by atomic mass is 9.80. The molecule has 0 atom stereocenters. The largest absolute Gasteiger partial charge is 0.456 e. The molecule has 0 fully saturated rings. The normalized spacial score (nSPS) is 12.6. The number of furan rings is 1. The SMILES string of the molecule is CC1(C)c2ccc(-c3cccc(N(c4ccc(-c5ccccc5)cc4)c4ccc(-c5ccc6c(c5)oc5ccccc56)cc4)c3)cc2-c2c(-c3ccccc3)cc(-c3ccccc3)cc21. The van der Waals surface area contributed by atoms with E-state index in [4.69, 9.17) is 4.42 Å². The molecule has 0 amide bonds. The molecule has 1 aromatic heterocycles. The Kier molecular flexibility index (Phi) is 9.21. The number of nitrogens with zero attached hydrogens (tertiary/aromatic N) is 1. The molecule has 0 unspecified atom stereocenters. The van der Waals surface area contributed by atoms with Gasteiger partial charge in [0.2, 0.25) is 0 Å². The van der Waals surface area contributed by atoms with E-state index in [0.717, 1.165) is 50.1 Å². The summed E-state index contributed by atoms with van der Waals surface area (Å²) in [6, 6.07) is 85.9. The van der Waals surface area contributed by atoms with Crippen LogP contribution < -0.4 is 4.90 Å². The smallest absolute Gasteiger partial charge is 0.136 e. The highest BCUT2D eigenvalue weighted by Gasteiger charge is 2.38. The molecule has 0 aliphatic heterocycles. The third kappa shape index (κ3) is 6.74. The maximum absolute atomic E-state index is 6.27. The molecule has 12 rings (SSSR count). The molecule has 0 saturated carbocycles. The quantitative estimate of drug-likeness (QED) is 0.152. The van der Waals surface area contributed by atoms with E-state index in [-0.39, 0.29) is 5.41 Å². The second kappa shape index (κ2) is 15.6. The van der Waals surface area contributed by atoms with Crippen LogP contribution in [0, 0.1) is 0 Å². The number of fused-ring (bicyclic) bond motifs is 6. The van der Waals surface area contributed by atoms with Crippen molar-refractivity contribution in [1.29, 1.82) is 0 Å². The van der Waals surface area contributed by atoms with Gasteiger partial charge in [-0.15, -0.1) is 0 Å². The minimum atomic E-state index is -0.175. The summed E-state index contributed by atoms with van der Waals surface area (Å²) in [4.78, 5) is 2.37. The highest BCUT2D eigenvalue weighted by atomic mass is 16.3. The molecule has 1 heterocycles. The van der Waals surface area contributed by atoms with Crippen LogP contribution in [0.2, 0.25) is 0 Å². The van der Waals surface area contributed by atoms with Crippen LogP contribution in [0.3, 0.4) is 0 Å². The van der Waals surface area contributed by atoms with Crippen LogP contribution in [0.15, 0.2) is 241 Å². The van der Waals surface area contributed by atoms with Gasteiger partial charge in [-0.3, -0.25) is 0 Å². The Balaban J connectivity index is 0.955. The molecule has 1 aliphatic carbocycles. The fourth-order valence-electron chi connectivity index (χ4n) is 10.1. The summed E-state index contributed by atoms with van der Waals surface area (Å²) in [6.45, 7) is 4.76. The minimum Gasteiger partial charge on any atom is -0.456 e. The lowest BCUT2D eigenvalue weighted by molar-refractivity contribution is 0.661. The van der Waals surface area contributed by atoms with Gasteiger partial charge < -0.3 is 9.32 Å². The zero-order valence-corrected chi connectivity index (χ0v) is 36.4. The van der Waals surface area contributed by atoms with E-state index in [2.05, 4.69) is 243 Å². The van der Waals surface area contributed by atoms with Crippen molar-refractivity contribution in [2.24, 2.45) is 0 Å². The van der Waals surface area contributed by atoms with E-state index in [1.165, 1.54) is 66.8 Å². The number of hydrogen-bond donors (Lipinski definition) is 0. The molecule has 308 valence electrons. The molecular weight excluding hydrogens is 787 g/mol. The summed E-state index contributed by atoms with van der Waals surface area (Å²) in [7, 11) is 0. The fourth-order valence-corrected chi connectivity index (χ4v) is 10.1. The number of anilines is 3. The third-order valence-corrected chi connectivity index (χ3v) is 13.5. The average Bonchev–Trinajstić information content (AvgIpc) is 3.86. The Morgan fingerprint density at radius 2 is 0.800 bits per heavy atom. The van der Waals surface area contributed by atoms with Gasteiger partial charge in [0.15, 0.2) is 0 Å². The molecule has 10 aromatic carbocycles. The van der Waals surface area contributed by atoms with Crippen molar-refractivity contribution in [3.63, 3.8) is 0 Å². The monoisotopic (exact) mass is 831 g/mol. The van der Waals surface area contributed by atoms with E-state index in [1.54, 1.807) is 0 Å². The van der Waals surface area contributed by atoms with Gasteiger partial charge in [-0.1, -0.05) is 178 Å². The molecule has 2 nitrogen and oxygen atoms in total. The van der Waals surface area contributed by atoms with E-state index in [0.29, 0.717) is 0 Å². The van der Waals surface area contributed by atoms with Crippen LogP contribution in [-0.4, -0.2) is 0 Å². The Hall–Kier alpha value is -8.20. The molecule has 0 radical (unpaired) electrons. The van der Waals surface area contributed by atoms with Gasteiger partial charge in [0.25, 0.3) is 0 Å². The molecule has 0 bridgehead atoms. The lowest BCUT2D eigenvalue weighted by Crippen LogP contribution is -2.15. The van der Waals surface area contributed by atoms with Crippen molar-refractivity contribution in [2.45, 2.75) is 19.3 Å². The van der Waals surface area contributed by atoms with Crippen LogP contribution in [0.5, 0.6) is 0 Å². The number of benzene rings is 10. The first-order valence-corrected chi connectivity index (χ1v) is 22.5. The van der Waals surface area contributed by atoms with Crippen molar-refractivity contribution in [2.75, 3.05) is 4.90 Å². The number of hydrogen-bond acceptors (Lipinski definition) is 2. The second-order valence-corrected chi connectivity index (χ2v) is 17.7. The average molecular weight is 832 g/mol. The lowest BCUT2D eigenvalue weighted by Gasteiger charge is -2.26. The van der Waals surface area contributed by atoms with Gasteiger partial charge in [-0.25, -0.2) is 0 Å². The van der Waals surface area contributed by atoms with Gasteiger partial charge in [0.1, 0.15) is 11.2 Å². The van der Waals surface area contributed by atoms with Crippen molar-refractivity contribution in [1.82, 2.24) is 0 Å². The van der Waals surface area contributed by atoms with Gasteiger partial charge in [0, 0.05) is 33.2 Å². The summed E-state index contributed by atoms with van der Waals surface area (Å²) in [5, 5.41) is 2.28. The zero-order chi connectivity index (χ0) is 43.5. The van der Waals surface area contributed by atoms with Crippen LogP contribution >= 0.6 is 0 Å². The van der Waals surface area contributed by atoms with E-state index >= 15 is 0 Å². The zero-order valence-electron chi connectivity index (χ0n) is 36.4. The van der Waals surface area contributed by atoms with Gasteiger partial charge in [0.05, 0.1) is 0 Å². The van der Waals surface area contributed by atoms with Crippen LogP contribution in [0.25, 0.3) is 88.7 Å². The fraction of sp³-hybridized carbons (Fsp3) is 0.0476. The van der Waals surface area contributed by atoms with Crippen LogP contribution in [0.4, 0.5) is 17.1 Å². The Labute approximate surface area is 380 Å². The molecule has 1 aliphatic rings. The van der Waals surface area contributed by atoms with E-state index in [9.17, 15) is 0 Å². The standard InChI is InChI=1S/C63H45NO/c1-63(2)58-36-30-48(38-57(58)62-56(46-19-10-5-11-20-46)39-50(40-59(62)63)43-17-8-4-9-18-43)47-21-14-22-53(37-47)64(51-31-25-44(26-32-51)42-15-6-3-7-16-42)52-33-27-45(28-34-52)49-29-35-55-54-23-12-13-24-60(54)65-61(55)41-49/h3-41H,1-2H3. The predicted octanol–water partition coefficient (Wildman–Crippen LogP) is 17.7. The highest BCUT2D eigenvalue weighted by Crippen LogP contribution is 2.54. The molecule has 65 heavy (non-hydrogen) atoms. The molecule has 0 N–H and O–H groups in total. The third-order valence-electron chi connectivity index (χ3n) is 13.5.